The second-order valence-electron chi connectivity index (χ2n) is 4.40. The average Bonchev–Trinajstić information content (AvgIpc) is 2.21. The summed E-state index contributed by atoms with van der Waals surface area (Å²) in [6.45, 7) is 3.97. The highest BCUT2D eigenvalue weighted by Gasteiger charge is 2.23. The molecule has 86 valence electrons. The van der Waals surface area contributed by atoms with Gasteiger partial charge in [-0.2, -0.15) is 0 Å². The van der Waals surface area contributed by atoms with E-state index in [0.717, 1.165) is 24.1 Å². The van der Waals surface area contributed by atoms with Gasteiger partial charge in [0, 0.05) is 23.7 Å². The van der Waals surface area contributed by atoms with E-state index in [2.05, 4.69) is 0 Å². The second-order valence-corrected chi connectivity index (χ2v) is 5.56. The average molecular weight is 331 g/mol. The van der Waals surface area contributed by atoms with Gasteiger partial charge < -0.3 is 4.57 Å². The molecule has 3 nitrogen and oxygen atoms in total. The molecular weight excluding hydrogens is 317 g/mol. The van der Waals surface area contributed by atoms with Crippen molar-refractivity contribution in [1.29, 1.82) is 0 Å². The molecular formula is C12H14INO2. The third-order valence-corrected chi connectivity index (χ3v) is 3.70. The molecule has 1 heterocycles. The molecule has 0 aromatic carbocycles. The maximum Gasteiger partial charge on any atom is 0.264 e. The van der Waals surface area contributed by atoms with Crippen molar-refractivity contribution in [3.8, 4) is 0 Å². The first-order valence-corrected chi connectivity index (χ1v) is 6.57. The minimum absolute atomic E-state index is 0.0315. The van der Waals surface area contributed by atoms with Gasteiger partial charge in [-0.05, 0) is 55.3 Å². The van der Waals surface area contributed by atoms with Gasteiger partial charge in [0.1, 0.15) is 0 Å². The number of hydrogen-bond acceptors (Lipinski definition) is 2. The molecule has 1 aromatic heterocycles. The Morgan fingerprint density at radius 1 is 1.31 bits per heavy atom. The fraction of sp³-hybridized carbons (Fsp3) is 0.500. The Balaban J connectivity index is 2.77. The van der Waals surface area contributed by atoms with Gasteiger partial charge in [-0.3, -0.25) is 9.59 Å². The Labute approximate surface area is 108 Å². The summed E-state index contributed by atoms with van der Waals surface area (Å²) in [5, 5.41) is 0. The summed E-state index contributed by atoms with van der Waals surface area (Å²) in [5.74, 6) is 0.175. The van der Waals surface area contributed by atoms with Crippen LogP contribution in [0.5, 0.6) is 0 Å². The molecule has 1 aliphatic carbocycles. The van der Waals surface area contributed by atoms with Gasteiger partial charge in [0.15, 0.2) is 5.78 Å². The Morgan fingerprint density at radius 3 is 2.62 bits per heavy atom. The van der Waals surface area contributed by atoms with E-state index in [-0.39, 0.29) is 17.4 Å². The zero-order chi connectivity index (χ0) is 11.9. The number of ketones is 1. The maximum atomic E-state index is 12.0. The SMILES string of the molecule is CC(C)n1c2c(cc(I)c1=O)C(=O)CCC2. The number of Topliss-reactive ketones (excluding diaryl/α,β-unsaturated/α-hetero) is 1. The summed E-state index contributed by atoms with van der Waals surface area (Å²) >= 11 is 2.01. The molecule has 0 amide bonds. The van der Waals surface area contributed by atoms with Crippen LogP contribution in [0.2, 0.25) is 0 Å². The number of carbonyl (C=O) groups excluding carboxylic acids is 1. The number of nitrogens with zero attached hydrogens (tertiary/aromatic N) is 1. The number of aromatic nitrogens is 1. The monoisotopic (exact) mass is 331 g/mol. The van der Waals surface area contributed by atoms with Gasteiger partial charge in [-0.25, -0.2) is 0 Å². The van der Waals surface area contributed by atoms with Crippen LogP contribution in [-0.4, -0.2) is 10.4 Å². The smallest absolute Gasteiger partial charge is 0.264 e. The minimum Gasteiger partial charge on any atom is -0.309 e. The van der Waals surface area contributed by atoms with Crippen molar-refractivity contribution in [3.63, 3.8) is 0 Å². The highest BCUT2D eigenvalue weighted by molar-refractivity contribution is 14.1. The zero-order valence-electron chi connectivity index (χ0n) is 9.42. The van der Waals surface area contributed by atoms with Crippen molar-refractivity contribution in [2.75, 3.05) is 0 Å². The molecule has 0 saturated heterocycles. The molecule has 0 aliphatic heterocycles. The van der Waals surface area contributed by atoms with Crippen LogP contribution in [0.25, 0.3) is 0 Å². The van der Waals surface area contributed by atoms with Gasteiger partial charge in [-0.15, -0.1) is 0 Å². The predicted molar refractivity (Wildman–Crippen MR) is 71.1 cm³/mol. The molecule has 0 N–H and O–H groups in total. The third kappa shape index (κ3) is 1.83. The molecule has 4 heteroatoms. The van der Waals surface area contributed by atoms with Crippen LogP contribution in [0.4, 0.5) is 0 Å². The third-order valence-electron chi connectivity index (χ3n) is 2.93. The molecule has 0 saturated carbocycles. The summed E-state index contributed by atoms with van der Waals surface area (Å²) in [5.41, 5.74) is 1.71. The highest BCUT2D eigenvalue weighted by atomic mass is 127. The first-order chi connectivity index (χ1) is 7.52. The fourth-order valence-electron chi connectivity index (χ4n) is 2.23. The maximum absolute atomic E-state index is 12.0. The van der Waals surface area contributed by atoms with E-state index in [0.29, 0.717) is 9.99 Å². The van der Waals surface area contributed by atoms with Gasteiger partial charge in [0.25, 0.3) is 5.56 Å². The lowest BCUT2D eigenvalue weighted by Gasteiger charge is -2.23. The van der Waals surface area contributed by atoms with Crippen molar-refractivity contribution >= 4 is 28.4 Å². The van der Waals surface area contributed by atoms with E-state index in [1.807, 2.05) is 36.4 Å². The summed E-state index contributed by atoms with van der Waals surface area (Å²) in [6, 6.07) is 1.86. The Kier molecular flexibility index (Phi) is 3.19. The van der Waals surface area contributed by atoms with E-state index >= 15 is 0 Å². The summed E-state index contributed by atoms with van der Waals surface area (Å²) < 4.78 is 2.41. The van der Waals surface area contributed by atoms with E-state index < -0.39 is 0 Å². The molecule has 0 unspecified atom stereocenters. The number of fused-ring (bicyclic) bond motifs is 1. The molecule has 2 rings (SSSR count). The molecule has 0 fully saturated rings. The summed E-state index contributed by atoms with van der Waals surface area (Å²) in [4.78, 5) is 23.8. The Hall–Kier alpha value is -0.650. The standard InChI is InChI=1S/C12H14INO2/c1-7(2)14-10-4-3-5-11(15)8(10)6-9(13)12(14)16/h6-7H,3-5H2,1-2H3. The summed E-state index contributed by atoms with van der Waals surface area (Å²) in [7, 11) is 0. The van der Waals surface area contributed by atoms with E-state index in [4.69, 9.17) is 0 Å². The first-order valence-electron chi connectivity index (χ1n) is 5.49. The molecule has 0 atom stereocenters. The Bertz CT molecular complexity index is 502. The molecule has 1 aromatic rings. The summed E-state index contributed by atoms with van der Waals surface area (Å²) in [6.07, 6.45) is 2.31. The molecule has 1 aliphatic rings. The van der Waals surface area contributed by atoms with Gasteiger partial charge in [0.2, 0.25) is 0 Å². The zero-order valence-corrected chi connectivity index (χ0v) is 11.6. The number of rotatable bonds is 1. The van der Waals surface area contributed by atoms with Gasteiger partial charge >= 0.3 is 0 Å². The lowest BCUT2D eigenvalue weighted by molar-refractivity contribution is 0.0970. The number of pyridine rings is 1. The van der Waals surface area contributed by atoms with Crippen molar-refractivity contribution < 1.29 is 4.79 Å². The Morgan fingerprint density at radius 2 is 2.00 bits per heavy atom. The van der Waals surface area contributed by atoms with Crippen LogP contribution in [0.1, 0.15) is 48.8 Å². The van der Waals surface area contributed by atoms with Crippen LogP contribution < -0.4 is 5.56 Å². The largest absolute Gasteiger partial charge is 0.309 e. The van der Waals surface area contributed by atoms with Crippen LogP contribution in [-0.2, 0) is 6.42 Å². The fourth-order valence-corrected chi connectivity index (χ4v) is 2.80. The number of carbonyl (C=O) groups is 1. The minimum atomic E-state index is 0.0315. The molecule has 0 radical (unpaired) electrons. The van der Waals surface area contributed by atoms with Crippen LogP contribution >= 0.6 is 22.6 Å². The van der Waals surface area contributed by atoms with Crippen molar-refractivity contribution in [3.05, 3.63) is 31.2 Å². The first kappa shape index (κ1) is 11.8. The number of halogens is 1. The topological polar surface area (TPSA) is 39.1 Å². The van der Waals surface area contributed by atoms with E-state index in [1.54, 1.807) is 10.6 Å². The van der Waals surface area contributed by atoms with E-state index in [9.17, 15) is 9.59 Å². The molecule has 0 spiro atoms. The van der Waals surface area contributed by atoms with Crippen molar-refractivity contribution in [1.82, 2.24) is 4.57 Å². The second kappa shape index (κ2) is 4.31. The van der Waals surface area contributed by atoms with Crippen molar-refractivity contribution in [2.45, 2.75) is 39.2 Å². The van der Waals surface area contributed by atoms with Crippen LogP contribution in [0, 0.1) is 3.57 Å². The number of hydrogen-bond donors (Lipinski definition) is 0. The van der Waals surface area contributed by atoms with Crippen LogP contribution in [0.15, 0.2) is 10.9 Å². The highest BCUT2D eigenvalue weighted by Crippen LogP contribution is 2.23. The normalized spacial score (nSPS) is 15.4. The van der Waals surface area contributed by atoms with Gasteiger partial charge in [0.05, 0.1) is 3.57 Å². The molecule has 16 heavy (non-hydrogen) atoms. The van der Waals surface area contributed by atoms with E-state index in [1.165, 1.54) is 0 Å². The van der Waals surface area contributed by atoms with Crippen molar-refractivity contribution in [2.24, 2.45) is 0 Å². The predicted octanol–water partition coefficient (Wildman–Crippen LogP) is 2.55. The van der Waals surface area contributed by atoms with Gasteiger partial charge in [-0.1, -0.05) is 0 Å². The lowest BCUT2D eigenvalue weighted by atomic mass is 9.94. The quantitative estimate of drug-likeness (QED) is 0.742. The molecule has 0 bridgehead atoms. The van der Waals surface area contributed by atoms with Crippen LogP contribution in [0.3, 0.4) is 0 Å². The lowest BCUT2D eigenvalue weighted by Crippen LogP contribution is -2.31.